The summed E-state index contributed by atoms with van der Waals surface area (Å²) in [7, 11) is -4.15. The van der Waals surface area contributed by atoms with Gasteiger partial charge in [-0.05, 0) is 36.4 Å². The summed E-state index contributed by atoms with van der Waals surface area (Å²) < 4.78 is 134. The van der Waals surface area contributed by atoms with Gasteiger partial charge >= 0.3 is 12.4 Å². The number of hydrogen-bond acceptors (Lipinski definition) is 5. The minimum Gasteiger partial charge on any atom is -0.367 e. The SMILES string of the molecule is Fc1ccc(SCCC(F)(F)F)cc1F.O=S(=O)(CCC(F)(F)F)c1ccc(N2CCNCC2)c(F)c1. The van der Waals surface area contributed by atoms with Crippen molar-refractivity contribution in [2.45, 2.75) is 35.0 Å². The van der Waals surface area contributed by atoms with Crippen LogP contribution in [0.3, 0.4) is 0 Å². The molecule has 3 rings (SSSR count). The van der Waals surface area contributed by atoms with Crippen molar-refractivity contribution in [1.82, 2.24) is 5.32 Å². The summed E-state index contributed by atoms with van der Waals surface area (Å²) in [5.74, 6) is -4.07. The van der Waals surface area contributed by atoms with Crippen LogP contribution >= 0.6 is 11.8 Å². The number of sulfone groups is 1. The molecule has 0 amide bonds. The van der Waals surface area contributed by atoms with Crippen LogP contribution in [0.25, 0.3) is 0 Å². The molecule has 1 aliphatic rings. The van der Waals surface area contributed by atoms with Crippen molar-refractivity contribution in [3.05, 3.63) is 53.8 Å². The maximum absolute atomic E-state index is 14.1. The summed E-state index contributed by atoms with van der Waals surface area (Å²) in [5, 5.41) is 3.10. The molecule has 208 valence electrons. The average Bonchev–Trinajstić information content (AvgIpc) is 2.80. The van der Waals surface area contributed by atoms with E-state index in [1.54, 1.807) is 4.90 Å². The zero-order chi connectivity index (χ0) is 27.9. The number of alkyl halides is 6. The molecule has 0 aromatic heterocycles. The molecule has 0 bridgehead atoms. The molecule has 1 heterocycles. The van der Waals surface area contributed by atoms with Crippen molar-refractivity contribution in [2.24, 2.45) is 0 Å². The third kappa shape index (κ3) is 11.0. The third-order valence-corrected chi connectivity index (χ3v) is 7.64. The molecule has 1 N–H and O–H groups in total. The lowest BCUT2D eigenvalue weighted by Crippen LogP contribution is -2.43. The zero-order valence-corrected chi connectivity index (χ0v) is 20.7. The highest BCUT2D eigenvalue weighted by Crippen LogP contribution is 2.28. The van der Waals surface area contributed by atoms with Crippen LogP contribution in [0.15, 0.2) is 46.2 Å². The van der Waals surface area contributed by atoms with E-state index in [2.05, 4.69) is 5.32 Å². The van der Waals surface area contributed by atoms with Crippen LogP contribution in [-0.4, -0.2) is 58.5 Å². The fourth-order valence-electron chi connectivity index (χ4n) is 3.06. The van der Waals surface area contributed by atoms with Crippen LogP contribution in [0, 0.1) is 17.5 Å². The zero-order valence-electron chi connectivity index (χ0n) is 19.1. The molecular weight excluding hydrogens is 559 g/mol. The summed E-state index contributed by atoms with van der Waals surface area (Å²) >= 11 is 0.843. The fourth-order valence-corrected chi connectivity index (χ4v) is 5.28. The molecule has 0 unspecified atom stereocenters. The summed E-state index contributed by atoms with van der Waals surface area (Å²) in [6.07, 6.45) is -11.2. The lowest BCUT2D eigenvalue weighted by Gasteiger charge is -2.29. The Kier molecular flexibility index (Phi) is 11.0. The number of benzene rings is 2. The van der Waals surface area contributed by atoms with Crippen LogP contribution in [-0.2, 0) is 9.84 Å². The molecule has 0 saturated carbocycles. The van der Waals surface area contributed by atoms with Gasteiger partial charge in [0.2, 0.25) is 0 Å². The highest BCUT2D eigenvalue weighted by Gasteiger charge is 2.31. The molecule has 1 fully saturated rings. The second-order valence-corrected chi connectivity index (χ2v) is 11.1. The summed E-state index contributed by atoms with van der Waals surface area (Å²) in [6, 6.07) is 6.29. The van der Waals surface area contributed by atoms with Gasteiger partial charge in [0, 0.05) is 36.8 Å². The molecule has 2 aromatic rings. The molecule has 0 atom stereocenters. The summed E-state index contributed by atoms with van der Waals surface area (Å²) in [4.78, 5) is 1.63. The Morgan fingerprint density at radius 1 is 0.811 bits per heavy atom. The normalized spacial score (nSPS) is 14.8. The molecule has 4 nitrogen and oxygen atoms in total. The molecule has 1 saturated heterocycles. The monoisotopic (exact) mass is 582 g/mol. The lowest BCUT2D eigenvalue weighted by molar-refractivity contribution is -0.130. The highest BCUT2D eigenvalue weighted by atomic mass is 32.2. The molecule has 0 aliphatic carbocycles. The highest BCUT2D eigenvalue weighted by molar-refractivity contribution is 7.99. The van der Waals surface area contributed by atoms with E-state index in [1.807, 2.05) is 0 Å². The van der Waals surface area contributed by atoms with E-state index in [-0.39, 0.29) is 16.3 Å². The van der Waals surface area contributed by atoms with E-state index in [0.29, 0.717) is 26.2 Å². The quantitative estimate of drug-likeness (QED) is 0.322. The van der Waals surface area contributed by atoms with Gasteiger partial charge in [0.05, 0.1) is 29.2 Å². The topological polar surface area (TPSA) is 49.4 Å². The standard InChI is InChI=1S/C13H16F4N2O2S.C9H7F5S/c14-11-9-10(22(20,21)8-3-13(15,16)17)1-2-12(11)19-6-4-18-5-7-19;10-7-2-1-6(5-8(7)11)15-4-3-9(12,13)14/h1-2,9,18H,3-8H2;1-2,5H,3-4H2. The first-order chi connectivity index (χ1) is 17.1. The van der Waals surface area contributed by atoms with Crippen LogP contribution in [0.5, 0.6) is 0 Å². The van der Waals surface area contributed by atoms with Crippen molar-refractivity contribution in [3.8, 4) is 0 Å². The van der Waals surface area contributed by atoms with Gasteiger partial charge < -0.3 is 10.2 Å². The Labute approximate surface area is 212 Å². The Morgan fingerprint density at radius 3 is 1.97 bits per heavy atom. The maximum atomic E-state index is 14.1. The van der Waals surface area contributed by atoms with E-state index in [9.17, 15) is 47.9 Å². The number of rotatable bonds is 7. The minimum absolute atomic E-state index is 0.200. The van der Waals surface area contributed by atoms with Crippen LogP contribution in [0.2, 0.25) is 0 Å². The van der Waals surface area contributed by atoms with Crippen LogP contribution in [0.4, 0.5) is 45.2 Å². The molecule has 37 heavy (non-hydrogen) atoms. The number of hydrogen-bond donors (Lipinski definition) is 1. The van der Waals surface area contributed by atoms with Crippen molar-refractivity contribution < 1.29 is 47.9 Å². The molecule has 1 aliphatic heterocycles. The van der Waals surface area contributed by atoms with Gasteiger partial charge in [0.1, 0.15) is 5.82 Å². The Morgan fingerprint density at radius 2 is 1.43 bits per heavy atom. The molecular formula is C22H23F9N2O2S2. The molecule has 15 heteroatoms. The average molecular weight is 583 g/mol. The summed E-state index contributed by atoms with van der Waals surface area (Å²) in [5.41, 5.74) is 0.260. The van der Waals surface area contributed by atoms with E-state index >= 15 is 0 Å². The predicted octanol–water partition coefficient (Wildman–Crippen LogP) is 5.97. The third-order valence-electron chi connectivity index (χ3n) is 4.94. The second kappa shape index (κ2) is 13.1. The van der Waals surface area contributed by atoms with Gasteiger partial charge in [-0.3, -0.25) is 0 Å². The number of thioether (sulfide) groups is 1. The number of nitrogens with one attached hydrogen (secondary N) is 1. The van der Waals surface area contributed by atoms with Crippen molar-refractivity contribution in [2.75, 3.05) is 42.6 Å². The summed E-state index contributed by atoms with van der Waals surface area (Å²) in [6.45, 7) is 2.53. The Hall–Kier alpha value is -2.13. The van der Waals surface area contributed by atoms with Gasteiger partial charge in [-0.1, -0.05) is 0 Å². The van der Waals surface area contributed by atoms with Gasteiger partial charge in [-0.25, -0.2) is 21.6 Å². The molecule has 0 radical (unpaired) electrons. The van der Waals surface area contributed by atoms with E-state index in [4.69, 9.17) is 0 Å². The number of halogens is 9. The Bertz CT molecular complexity index is 1130. The van der Waals surface area contributed by atoms with Crippen molar-refractivity contribution in [1.29, 1.82) is 0 Å². The van der Waals surface area contributed by atoms with Crippen LogP contribution in [0.1, 0.15) is 12.8 Å². The maximum Gasteiger partial charge on any atom is 0.390 e. The first-order valence-electron chi connectivity index (χ1n) is 10.8. The van der Waals surface area contributed by atoms with E-state index < -0.39 is 63.1 Å². The number of anilines is 1. The molecule has 0 spiro atoms. The Balaban J connectivity index is 0.000000281. The van der Waals surface area contributed by atoms with Crippen molar-refractivity contribution in [3.63, 3.8) is 0 Å². The predicted molar refractivity (Wildman–Crippen MR) is 122 cm³/mol. The van der Waals surface area contributed by atoms with E-state index in [0.717, 1.165) is 36.0 Å². The van der Waals surface area contributed by atoms with Gasteiger partial charge in [-0.2, -0.15) is 26.3 Å². The fraction of sp³-hybridized carbons (Fsp3) is 0.455. The van der Waals surface area contributed by atoms with Gasteiger partial charge in [0.25, 0.3) is 0 Å². The van der Waals surface area contributed by atoms with Gasteiger partial charge in [-0.15, -0.1) is 11.8 Å². The largest absolute Gasteiger partial charge is 0.390 e. The first-order valence-corrected chi connectivity index (χ1v) is 13.4. The molecule has 2 aromatic carbocycles. The first kappa shape index (κ1) is 31.1. The van der Waals surface area contributed by atoms with Crippen molar-refractivity contribution >= 4 is 27.3 Å². The van der Waals surface area contributed by atoms with Crippen LogP contribution < -0.4 is 10.2 Å². The second-order valence-electron chi connectivity index (χ2n) is 7.82. The lowest BCUT2D eigenvalue weighted by atomic mass is 10.2. The number of piperazine rings is 1. The van der Waals surface area contributed by atoms with E-state index in [1.165, 1.54) is 12.1 Å². The smallest absolute Gasteiger partial charge is 0.367 e. The minimum atomic E-state index is -4.56. The number of nitrogens with zero attached hydrogens (tertiary/aromatic N) is 1. The van der Waals surface area contributed by atoms with Gasteiger partial charge in [0.15, 0.2) is 21.5 Å².